The van der Waals surface area contributed by atoms with Crippen molar-refractivity contribution in [3.05, 3.63) is 34.7 Å². The molecule has 0 spiro atoms. The Morgan fingerprint density at radius 2 is 2.15 bits per heavy atom. The monoisotopic (exact) mass is 191 g/mol. The lowest BCUT2D eigenvalue weighted by atomic mass is 10.1. The molecule has 0 fully saturated rings. The zero-order chi connectivity index (χ0) is 9.42. The molecule has 0 amide bonds. The highest BCUT2D eigenvalue weighted by molar-refractivity contribution is 7.17. The third-order valence-corrected chi connectivity index (χ3v) is 3.22. The molecule has 0 aliphatic carbocycles. The van der Waals surface area contributed by atoms with Gasteiger partial charge in [0.25, 0.3) is 0 Å². The number of hydrogen-bond donors (Lipinski definition) is 1. The van der Waals surface area contributed by atoms with Gasteiger partial charge in [0.15, 0.2) is 0 Å². The van der Waals surface area contributed by atoms with Crippen LogP contribution in [0.5, 0.6) is 0 Å². The maximum absolute atomic E-state index is 5.87. The average molecular weight is 191 g/mol. The summed E-state index contributed by atoms with van der Waals surface area (Å²) in [4.78, 5) is 0. The number of fused-ring (bicyclic) bond motifs is 1. The van der Waals surface area contributed by atoms with E-state index in [1.165, 1.54) is 21.2 Å². The van der Waals surface area contributed by atoms with E-state index in [0.717, 1.165) is 0 Å². The van der Waals surface area contributed by atoms with E-state index in [1.807, 2.05) is 6.92 Å². The maximum Gasteiger partial charge on any atom is 0.0348 e. The predicted molar refractivity (Wildman–Crippen MR) is 59.2 cm³/mol. The van der Waals surface area contributed by atoms with Crippen LogP contribution in [-0.4, -0.2) is 0 Å². The summed E-state index contributed by atoms with van der Waals surface area (Å²) in [6.07, 6.45) is 0. The molecule has 1 aromatic heterocycles. The third-order valence-electron chi connectivity index (χ3n) is 2.25. The quantitative estimate of drug-likeness (QED) is 0.735. The van der Waals surface area contributed by atoms with Crippen LogP contribution in [0.2, 0.25) is 0 Å². The van der Waals surface area contributed by atoms with E-state index in [9.17, 15) is 0 Å². The molecule has 0 aliphatic rings. The van der Waals surface area contributed by atoms with Crippen LogP contribution in [0.15, 0.2) is 23.6 Å². The lowest BCUT2D eigenvalue weighted by Crippen LogP contribution is -2.03. The molecular formula is C11H13NS. The van der Waals surface area contributed by atoms with Crippen molar-refractivity contribution in [2.45, 2.75) is 19.9 Å². The normalized spacial score (nSPS) is 13.5. The first-order valence-corrected chi connectivity index (χ1v) is 5.30. The molecule has 1 heterocycles. The van der Waals surface area contributed by atoms with Crippen molar-refractivity contribution in [3.8, 4) is 0 Å². The van der Waals surface area contributed by atoms with Crippen LogP contribution >= 0.6 is 11.3 Å². The third kappa shape index (κ3) is 1.47. The zero-order valence-electron chi connectivity index (χ0n) is 7.87. The van der Waals surface area contributed by atoms with Crippen molar-refractivity contribution in [1.82, 2.24) is 0 Å². The van der Waals surface area contributed by atoms with E-state index in [2.05, 4.69) is 30.5 Å². The van der Waals surface area contributed by atoms with Gasteiger partial charge in [-0.1, -0.05) is 12.1 Å². The van der Waals surface area contributed by atoms with Gasteiger partial charge < -0.3 is 5.73 Å². The van der Waals surface area contributed by atoms with Crippen molar-refractivity contribution >= 4 is 21.4 Å². The standard InChI is InChI=1S/C11H13NS/c1-7-3-4-9-10(8(2)12)6-13-11(9)5-7/h3-6,8H,12H2,1-2H3. The maximum atomic E-state index is 5.87. The van der Waals surface area contributed by atoms with E-state index < -0.39 is 0 Å². The average Bonchev–Trinajstić information content (AvgIpc) is 2.46. The Morgan fingerprint density at radius 1 is 1.38 bits per heavy atom. The summed E-state index contributed by atoms with van der Waals surface area (Å²) in [6, 6.07) is 6.66. The molecule has 13 heavy (non-hydrogen) atoms. The number of rotatable bonds is 1. The zero-order valence-corrected chi connectivity index (χ0v) is 8.69. The van der Waals surface area contributed by atoms with Gasteiger partial charge in [0.1, 0.15) is 0 Å². The SMILES string of the molecule is Cc1ccc2c(C(C)N)csc2c1. The summed E-state index contributed by atoms with van der Waals surface area (Å²) in [7, 11) is 0. The van der Waals surface area contributed by atoms with Gasteiger partial charge in [0.05, 0.1) is 0 Å². The van der Waals surface area contributed by atoms with E-state index in [0.29, 0.717) is 0 Å². The molecule has 0 aliphatic heterocycles. The fraction of sp³-hybridized carbons (Fsp3) is 0.273. The van der Waals surface area contributed by atoms with Gasteiger partial charge in [-0.25, -0.2) is 0 Å². The lowest BCUT2D eigenvalue weighted by molar-refractivity contribution is 0.830. The molecule has 1 atom stereocenters. The van der Waals surface area contributed by atoms with E-state index in [1.54, 1.807) is 11.3 Å². The number of nitrogens with two attached hydrogens (primary N) is 1. The molecule has 68 valence electrons. The highest BCUT2D eigenvalue weighted by Gasteiger charge is 2.06. The fourth-order valence-corrected chi connectivity index (χ4v) is 2.67. The second kappa shape index (κ2) is 3.13. The van der Waals surface area contributed by atoms with Crippen molar-refractivity contribution in [2.24, 2.45) is 5.73 Å². The fourth-order valence-electron chi connectivity index (χ4n) is 1.51. The van der Waals surface area contributed by atoms with Gasteiger partial charge in [0.2, 0.25) is 0 Å². The number of benzene rings is 1. The highest BCUT2D eigenvalue weighted by atomic mass is 32.1. The summed E-state index contributed by atoms with van der Waals surface area (Å²) in [5.41, 5.74) is 8.44. The Balaban J connectivity index is 2.69. The number of thiophene rings is 1. The summed E-state index contributed by atoms with van der Waals surface area (Å²) in [5.74, 6) is 0. The Bertz CT molecular complexity index is 429. The predicted octanol–water partition coefficient (Wildman–Crippen LogP) is 3.23. The van der Waals surface area contributed by atoms with E-state index >= 15 is 0 Å². The largest absolute Gasteiger partial charge is 0.324 e. The van der Waals surface area contributed by atoms with Crippen molar-refractivity contribution < 1.29 is 0 Å². The second-order valence-corrected chi connectivity index (χ2v) is 4.39. The molecule has 2 aromatic rings. The Hall–Kier alpha value is -0.860. The first-order chi connectivity index (χ1) is 6.18. The molecule has 1 nitrogen and oxygen atoms in total. The van der Waals surface area contributed by atoms with Crippen LogP contribution in [0.3, 0.4) is 0 Å². The van der Waals surface area contributed by atoms with Crippen LogP contribution in [0, 0.1) is 6.92 Å². The summed E-state index contributed by atoms with van der Waals surface area (Å²) < 4.78 is 1.34. The molecular weight excluding hydrogens is 178 g/mol. The summed E-state index contributed by atoms with van der Waals surface area (Å²) in [6.45, 7) is 4.14. The van der Waals surface area contributed by atoms with Crippen molar-refractivity contribution in [2.75, 3.05) is 0 Å². The van der Waals surface area contributed by atoms with Crippen molar-refractivity contribution in [1.29, 1.82) is 0 Å². The number of hydrogen-bond acceptors (Lipinski definition) is 2. The molecule has 0 radical (unpaired) electrons. The van der Waals surface area contributed by atoms with Gasteiger partial charge >= 0.3 is 0 Å². The van der Waals surface area contributed by atoms with Crippen LogP contribution in [0.1, 0.15) is 24.1 Å². The minimum absolute atomic E-state index is 0.136. The number of aryl methyl sites for hydroxylation is 1. The smallest absolute Gasteiger partial charge is 0.0348 e. The Kier molecular flexibility index (Phi) is 2.10. The molecule has 2 N–H and O–H groups in total. The molecule has 0 bridgehead atoms. The minimum atomic E-state index is 0.136. The van der Waals surface area contributed by atoms with Crippen LogP contribution < -0.4 is 5.73 Å². The minimum Gasteiger partial charge on any atom is -0.324 e. The van der Waals surface area contributed by atoms with Gasteiger partial charge in [0, 0.05) is 10.7 Å². The first kappa shape index (κ1) is 8.73. The molecule has 0 saturated carbocycles. The molecule has 1 aromatic carbocycles. The molecule has 1 unspecified atom stereocenters. The van der Waals surface area contributed by atoms with Gasteiger partial charge in [-0.3, -0.25) is 0 Å². The van der Waals surface area contributed by atoms with Crippen molar-refractivity contribution in [3.63, 3.8) is 0 Å². The van der Waals surface area contributed by atoms with Crippen LogP contribution in [0.25, 0.3) is 10.1 Å². The summed E-state index contributed by atoms with van der Waals surface area (Å²) in [5, 5.41) is 3.47. The topological polar surface area (TPSA) is 26.0 Å². The second-order valence-electron chi connectivity index (χ2n) is 3.48. The van der Waals surface area contributed by atoms with Crippen LogP contribution in [-0.2, 0) is 0 Å². The lowest BCUT2D eigenvalue weighted by Gasteiger charge is -2.02. The highest BCUT2D eigenvalue weighted by Crippen LogP contribution is 2.29. The molecule has 0 saturated heterocycles. The van der Waals surface area contributed by atoms with E-state index in [4.69, 9.17) is 5.73 Å². The molecule has 2 rings (SSSR count). The summed E-state index contributed by atoms with van der Waals surface area (Å²) >= 11 is 1.78. The van der Waals surface area contributed by atoms with Gasteiger partial charge in [-0.2, -0.15) is 0 Å². The first-order valence-electron chi connectivity index (χ1n) is 4.42. The Morgan fingerprint density at radius 3 is 2.85 bits per heavy atom. The van der Waals surface area contributed by atoms with Gasteiger partial charge in [-0.15, -0.1) is 11.3 Å². The van der Waals surface area contributed by atoms with Crippen LogP contribution in [0.4, 0.5) is 0 Å². The Labute approximate surface area is 82.2 Å². The van der Waals surface area contributed by atoms with Gasteiger partial charge in [-0.05, 0) is 41.8 Å². The molecule has 2 heteroatoms. The van der Waals surface area contributed by atoms with E-state index in [-0.39, 0.29) is 6.04 Å².